The van der Waals surface area contributed by atoms with Crippen molar-refractivity contribution in [3.05, 3.63) is 52.5 Å². The molecule has 208 valence electrons. The van der Waals surface area contributed by atoms with Gasteiger partial charge in [-0.1, -0.05) is 30.3 Å². The molecule has 0 radical (unpaired) electrons. The van der Waals surface area contributed by atoms with Crippen molar-refractivity contribution in [1.29, 1.82) is 0 Å². The van der Waals surface area contributed by atoms with E-state index in [9.17, 15) is 19.2 Å². The smallest absolute Gasteiger partial charge is 0.243 e. The molecule has 2 aromatic rings. The molecule has 1 aromatic carbocycles. The summed E-state index contributed by atoms with van der Waals surface area (Å²) in [4.78, 5) is 60.4. The number of aryl methyl sites for hydroxylation is 1. The number of ketones is 1. The van der Waals surface area contributed by atoms with Gasteiger partial charge in [0.15, 0.2) is 5.01 Å². The van der Waals surface area contributed by atoms with E-state index in [0.717, 1.165) is 31.2 Å². The Kier molecular flexibility index (Phi) is 8.72. The summed E-state index contributed by atoms with van der Waals surface area (Å²) in [5, 5.41) is 5.15. The maximum atomic E-state index is 13.5. The molecule has 2 aliphatic heterocycles. The SMILES string of the molecule is NC1CCC(CC(NC(=O)C2CCC3CN(C(=O)CCc4ccccc4)CC(=O)N32)C(=O)c2nccs2)CC1. The lowest BCUT2D eigenvalue weighted by atomic mass is 9.82. The van der Waals surface area contributed by atoms with E-state index in [0.29, 0.717) is 49.6 Å². The molecule has 5 rings (SSSR count). The van der Waals surface area contributed by atoms with Crippen LogP contribution < -0.4 is 11.1 Å². The van der Waals surface area contributed by atoms with Gasteiger partial charge < -0.3 is 20.9 Å². The number of nitrogens with two attached hydrogens (primary N) is 1. The van der Waals surface area contributed by atoms with Gasteiger partial charge in [0.1, 0.15) is 6.04 Å². The summed E-state index contributed by atoms with van der Waals surface area (Å²) in [6, 6.07) is 8.53. The number of carbonyl (C=O) groups excluding carboxylic acids is 4. The quantitative estimate of drug-likeness (QED) is 0.462. The molecular weight excluding hydrogens is 514 g/mol. The summed E-state index contributed by atoms with van der Waals surface area (Å²) in [5.41, 5.74) is 7.16. The summed E-state index contributed by atoms with van der Waals surface area (Å²) in [6.07, 6.45) is 8.00. The van der Waals surface area contributed by atoms with Gasteiger partial charge in [0.25, 0.3) is 0 Å². The maximum Gasteiger partial charge on any atom is 0.243 e. The molecule has 2 saturated heterocycles. The van der Waals surface area contributed by atoms with Crippen LogP contribution in [0.5, 0.6) is 0 Å². The van der Waals surface area contributed by atoms with E-state index in [2.05, 4.69) is 10.3 Å². The minimum atomic E-state index is -0.682. The van der Waals surface area contributed by atoms with Crippen LogP contribution in [0.25, 0.3) is 0 Å². The van der Waals surface area contributed by atoms with Gasteiger partial charge in [-0.3, -0.25) is 19.2 Å². The molecule has 1 aliphatic carbocycles. The lowest BCUT2D eigenvalue weighted by Gasteiger charge is -2.39. The standard InChI is InChI=1S/C29H37N5O4S/c30-21-9-6-20(7-10-21)16-23(27(37)29-31-14-15-39-29)32-28(38)24-12-11-22-17-33(18-26(36)34(22)24)25(35)13-8-19-4-2-1-3-5-19/h1-5,14-15,20-24H,6-13,16-18,30H2,(H,32,38). The molecular formula is C29H37N5O4S. The highest BCUT2D eigenvalue weighted by Gasteiger charge is 2.46. The van der Waals surface area contributed by atoms with E-state index < -0.39 is 12.1 Å². The largest absolute Gasteiger partial charge is 0.344 e. The van der Waals surface area contributed by atoms with Crippen molar-refractivity contribution in [1.82, 2.24) is 20.1 Å². The zero-order chi connectivity index (χ0) is 27.4. The average Bonchev–Trinajstić information content (AvgIpc) is 3.64. The van der Waals surface area contributed by atoms with Gasteiger partial charge in [-0.05, 0) is 62.8 Å². The second-order valence-electron chi connectivity index (χ2n) is 11.1. The zero-order valence-electron chi connectivity index (χ0n) is 22.2. The zero-order valence-corrected chi connectivity index (χ0v) is 23.0. The number of fused-ring (bicyclic) bond motifs is 1. The Morgan fingerprint density at radius 2 is 1.85 bits per heavy atom. The first-order valence-electron chi connectivity index (χ1n) is 14.0. The minimum Gasteiger partial charge on any atom is -0.344 e. The summed E-state index contributed by atoms with van der Waals surface area (Å²) < 4.78 is 0. The Hall–Kier alpha value is -3.11. The normalized spacial score (nSPS) is 25.7. The predicted molar refractivity (Wildman–Crippen MR) is 148 cm³/mol. The third-order valence-corrected chi connectivity index (χ3v) is 9.20. The summed E-state index contributed by atoms with van der Waals surface area (Å²) >= 11 is 1.27. The van der Waals surface area contributed by atoms with Crippen LogP contribution in [0.15, 0.2) is 41.9 Å². The first kappa shape index (κ1) is 27.5. The van der Waals surface area contributed by atoms with Crippen LogP contribution >= 0.6 is 11.3 Å². The summed E-state index contributed by atoms with van der Waals surface area (Å²) in [5.74, 6) is -0.412. The van der Waals surface area contributed by atoms with Crippen molar-refractivity contribution < 1.29 is 19.2 Å². The number of amides is 3. The number of thiazole rings is 1. The highest BCUT2D eigenvalue weighted by atomic mass is 32.1. The van der Waals surface area contributed by atoms with E-state index in [4.69, 9.17) is 5.73 Å². The molecule has 39 heavy (non-hydrogen) atoms. The summed E-state index contributed by atoms with van der Waals surface area (Å²) in [7, 11) is 0. The molecule has 9 nitrogen and oxygen atoms in total. The van der Waals surface area contributed by atoms with Crippen molar-refractivity contribution in [2.75, 3.05) is 13.1 Å². The van der Waals surface area contributed by atoms with Gasteiger partial charge in [0, 0.05) is 30.6 Å². The third kappa shape index (κ3) is 6.55. The van der Waals surface area contributed by atoms with Crippen LogP contribution in [0.3, 0.4) is 0 Å². The van der Waals surface area contributed by atoms with Gasteiger partial charge in [-0.25, -0.2) is 4.98 Å². The molecule has 1 saturated carbocycles. The molecule has 0 bridgehead atoms. The fourth-order valence-corrected chi connectivity index (χ4v) is 6.89. The molecule has 3 N–H and O–H groups in total. The molecule has 3 aliphatic rings. The van der Waals surface area contributed by atoms with Crippen molar-refractivity contribution in [3.63, 3.8) is 0 Å². The van der Waals surface area contributed by atoms with Crippen molar-refractivity contribution >= 4 is 34.8 Å². The van der Waals surface area contributed by atoms with E-state index in [1.807, 2.05) is 30.3 Å². The number of benzene rings is 1. The number of hydrogen-bond donors (Lipinski definition) is 2. The fraction of sp³-hybridized carbons (Fsp3) is 0.552. The molecule has 0 spiro atoms. The number of piperazine rings is 1. The number of carbonyl (C=O) groups is 4. The van der Waals surface area contributed by atoms with Crippen LogP contribution in [0.4, 0.5) is 0 Å². The second kappa shape index (κ2) is 12.4. The van der Waals surface area contributed by atoms with E-state index in [1.165, 1.54) is 11.3 Å². The molecule has 3 atom stereocenters. The molecule has 3 amide bonds. The number of Topliss-reactive ketones (excluding diaryl/α,β-unsaturated/α-hetero) is 1. The first-order valence-corrected chi connectivity index (χ1v) is 14.9. The van der Waals surface area contributed by atoms with Crippen LogP contribution in [-0.2, 0) is 20.8 Å². The van der Waals surface area contributed by atoms with Gasteiger partial charge >= 0.3 is 0 Å². The van der Waals surface area contributed by atoms with Crippen LogP contribution in [-0.4, -0.2) is 75.5 Å². The Bertz CT molecular complexity index is 1170. The molecule has 10 heteroatoms. The lowest BCUT2D eigenvalue weighted by Crippen LogP contribution is -2.60. The number of rotatable bonds is 9. The van der Waals surface area contributed by atoms with Gasteiger partial charge in [0.2, 0.25) is 23.5 Å². The van der Waals surface area contributed by atoms with E-state index in [1.54, 1.807) is 21.4 Å². The number of nitrogens with zero attached hydrogens (tertiary/aromatic N) is 3. The minimum absolute atomic E-state index is 0.0162. The highest BCUT2D eigenvalue weighted by molar-refractivity contribution is 7.11. The number of hydrogen-bond acceptors (Lipinski definition) is 7. The Morgan fingerprint density at radius 3 is 2.56 bits per heavy atom. The van der Waals surface area contributed by atoms with Gasteiger partial charge in [-0.15, -0.1) is 11.3 Å². The topological polar surface area (TPSA) is 126 Å². The first-order chi connectivity index (χ1) is 18.9. The Morgan fingerprint density at radius 1 is 1.08 bits per heavy atom. The van der Waals surface area contributed by atoms with Crippen LogP contribution in [0.2, 0.25) is 0 Å². The average molecular weight is 552 g/mol. The molecule has 3 heterocycles. The summed E-state index contributed by atoms with van der Waals surface area (Å²) in [6.45, 7) is 0.421. The van der Waals surface area contributed by atoms with Crippen LogP contribution in [0, 0.1) is 5.92 Å². The third-order valence-electron chi connectivity index (χ3n) is 8.41. The van der Waals surface area contributed by atoms with Crippen LogP contribution in [0.1, 0.15) is 66.7 Å². The van der Waals surface area contributed by atoms with E-state index >= 15 is 0 Å². The molecule has 3 fully saturated rings. The van der Waals surface area contributed by atoms with Gasteiger partial charge in [-0.2, -0.15) is 0 Å². The van der Waals surface area contributed by atoms with Gasteiger partial charge in [0.05, 0.1) is 18.6 Å². The Labute approximate surface area is 233 Å². The molecule has 1 aromatic heterocycles. The van der Waals surface area contributed by atoms with Crippen molar-refractivity contribution in [2.24, 2.45) is 11.7 Å². The lowest BCUT2D eigenvalue weighted by molar-refractivity contribution is -0.151. The molecule has 3 unspecified atom stereocenters. The number of aromatic nitrogens is 1. The fourth-order valence-electron chi connectivity index (χ4n) is 6.26. The highest BCUT2D eigenvalue weighted by Crippen LogP contribution is 2.31. The van der Waals surface area contributed by atoms with Crippen molar-refractivity contribution in [3.8, 4) is 0 Å². The predicted octanol–water partition coefficient (Wildman–Crippen LogP) is 2.55. The van der Waals surface area contributed by atoms with E-state index in [-0.39, 0.29) is 42.1 Å². The number of nitrogens with one attached hydrogen (secondary N) is 1. The second-order valence-corrected chi connectivity index (χ2v) is 12.0. The monoisotopic (exact) mass is 551 g/mol. The van der Waals surface area contributed by atoms with Crippen molar-refractivity contribution in [2.45, 2.75) is 82.0 Å². The Balaban J connectivity index is 1.20. The maximum absolute atomic E-state index is 13.5.